The van der Waals surface area contributed by atoms with Crippen LogP contribution in [0.5, 0.6) is 0 Å². The first-order chi connectivity index (χ1) is 39.0. The van der Waals surface area contributed by atoms with E-state index in [0.717, 1.165) is 128 Å². The molecule has 0 saturated heterocycles. The Morgan fingerprint density at radius 3 is 0.848 bits per heavy atom. The number of allylic oxidation sites excluding steroid dienone is 24. The highest BCUT2D eigenvalue weighted by molar-refractivity contribution is 5.71. The molecule has 0 heterocycles. The number of ether oxygens (including phenoxy) is 3. The molecule has 1 atom stereocenters. The summed E-state index contributed by atoms with van der Waals surface area (Å²) >= 11 is 0. The van der Waals surface area contributed by atoms with Gasteiger partial charge in [0.25, 0.3) is 0 Å². The maximum absolute atomic E-state index is 12.9. The molecule has 79 heavy (non-hydrogen) atoms. The van der Waals surface area contributed by atoms with Crippen molar-refractivity contribution in [2.24, 2.45) is 0 Å². The van der Waals surface area contributed by atoms with Crippen molar-refractivity contribution in [3.05, 3.63) is 146 Å². The van der Waals surface area contributed by atoms with E-state index < -0.39 is 6.10 Å². The van der Waals surface area contributed by atoms with Crippen molar-refractivity contribution in [3.63, 3.8) is 0 Å². The van der Waals surface area contributed by atoms with Crippen LogP contribution in [0.15, 0.2) is 146 Å². The molecule has 0 bridgehead atoms. The van der Waals surface area contributed by atoms with Gasteiger partial charge in [-0.1, -0.05) is 295 Å². The summed E-state index contributed by atoms with van der Waals surface area (Å²) in [6, 6.07) is 0. The van der Waals surface area contributed by atoms with E-state index >= 15 is 0 Å². The van der Waals surface area contributed by atoms with Crippen LogP contribution in [-0.2, 0) is 28.6 Å². The second-order valence-corrected chi connectivity index (χ2v) is 20.9. The van der Waals surface area contributed by atoms with Crippen molar-refractivity contribution in [2.45, 2.75) is 284 Å². The number of unbranched alkanes of at least 4 members (excludes halogenated alkanes) is 22. The van der Waals surface area contributed by atoms with Gasteiger partial charge in [0.1, 0.15) is 13.2 Å². The zero-order valence-corrected chi connectivity index (χ0v) is 51.1. The third kappa shape index (κ3) is 64.0. The standard InChI is InChI=1S/C73H118O6/c1-4-7-10-13-16-19-22-25-27-29-30-31-32-33-34-35-36-37-38-39-40-41-42-44-45-48-51-54-57-60-63-66-72(75)78-69-70(68-77-71(74)65-62-59-56-53-50-47-24-21-18-15-12-9-6-3)79-73(76)67-64-61-58-55-52-49-46-43-28-26-23-20-17-14-11-8-5-2/h7,9-10,12,16,18-19,21,25,27,30-31,33-34,36-37,39-40,42,44,47,50,56,59,70H,4-6,8,11,13-15,17,20,22-24,26,28-29,32,35,38,41,43,45-46,48-49,51-55,57-58,60-69H2,1-3H3/b10-7-,12-9-,19-16-,21-18-,27-25-,31-30-,34-33-,37-36-,40-39-,44-42-,50-47-,59-56-. The minimum Gasteiger partial charge on any atom is -0.462 e. The lowest BCUT2D eigenvalue weighted by Crippen LogP contribution is -2.30. The van der Waals surface area contributed by atoms with Gasteiger partial charge in [-0.05, 0) is 109 Å². The molecule has 446 valence electrons. The van der Waals surface area contributed by atoms with Gasteiger partial charge in [-0.25, -0.2) is 0 Å². The SMILES string of the molecule is CC/C=C\C/C=C\C/C=C\C/C=C\C/C=C\C/C=C\C/C=C\C/C=C\CCCCCCCCC(=O)OCC(COC(=O)CC/C=C\C/C=C\C/C=C\C/C=C\CC)OC(=O)CCCCCCCCCCCCCCCCCCC. The molecule has 6 nitrogen and oxygen atoms in total. The molecule has 0 aromatic heterocycles. The Morgan fingerprint density at radius 2 is 0.519 bits per heavy atom. The first kappa shape index (κ1) is 74.3. The van der Waals surface area contributed by atoms with E-state index in [-0.39, 0.29) is 37.5 Å². The first-order valence-electron chi connectivity index (χ1n) is 32.3. The van der Waals surface area contributed by atoms with Gasteiger partial charge in [0, 0.05) is 19.3 Å². The lowest BCUT2D eigenvalue weighted by atomic mass is 10.0. The number of rotatable bonds is 57. The zero-order chi connectivity index (χ0) is 57.1. The van der Waals surface area contributed by atoms with Crippen LogP contribution in [0.2, 0.25) is 0 Å². The van der Waals surface area contributed by atoms with E-state index in [4.69, 9.17) is 14.2 Å². The van der Waals surface area contributed by atoms with Crippen molar-refractivity contribution in [1.82, 2.24) is 0 Å². The fourth-order valence-electron chi connectivity index (χ4n) is 8.59. The number of hydrogen-bond acceptors (Lipinski definition) is 6. The smallest absolute Gasteiger partial charge is 0.306 e. The van der Waals surface area contributed by atoms with E-state index in [0.29, 0.717) is 19.3 Å². The summed E-state index contributed by atoms with van der Waals surface area (Å²) in [5.74, 6) is -1.01. The fraction of sp³-hybridized carbons (Fsp3) is 0.630. The predicted molar refractivity (Wildman–Crippen MR) is 343 cm³/mol. The molecular formula is C73H118O6. The Hall–Kier alpha value is -4.71. The van der Waals surface area contributed by atoms with Crippen molar-refractivity contribution in [3.8, 4) is 0 Å². The average molecular weight is 1090 g/mol. The van der Waals surface area contributed by atoms with Crippen LogP contribution in [0.1, 0.15) is 278 Å². The Morgan fingerprint density at radius 1 is 0.266 bits per heavy atom. The lowest BCUT2D eigenvalue weighted by Gasteiger charge is -2.18. The molecule has 0 fully saturated rings. The largest absolute Gasteiger partial charge is 0.462 e. The summed E-state index contributed by atoms with van der Waals surface area (Å²) in [4.78, 5) is 38.2. The summed E-state index contributed by atoms with van der Waals surface area (Å²) in [7, 11) is 0. The second-order valence-electron chi connectivity index (χ2n) is 20.9. The molecule has 0 rings (SSSR count). The van der Waals surface area contributed by atoms with Crippen molar-refractivity contribution in [2.75, 3.05) is 13.2 Å². The van der Waals surface area contributed by atoms with Crippen molar-refractivity contribution >= 4 is 17.9 Å². The topological polar surface area (TPSA) is 78.9 Å². The summed E-state index contributed by atoms with van der Waals surface area (Å²) in [6.45, 7) is 6.34. The first-order valence-corrected chi connectivity index (χ1v) is 32.3. The summed E-state index contributed by atoms with van der Waals surface area (Å²) < 4.78 is 16.8. The Kier molecular flexibility index (Phi) is 61.9. The third-order valence-corrected chi connectivity index (χ3v) is 13.4. The van der Waals surface area contributed by atoms with Crippen LogP contribution in [0.3, 0.4) is 0 Å². The molecule has 0 radical (unpaired) electrons. The van der Waals surface area contributed by atoms with E-state index in [1.807, 2.05) is 6.08 Å². The summed E-state index contributed by atoms with van der Waals surface area (Å²) in [6.07, 6.45) is 94.4. The van der Waals surface area contributed by atoms with Crippen LogP contribution >= 0.6 is 0 Å². The molecule has 0 amide bonds. The molecule has 0 aromatic carbocycles. The maximum Gasteiger partial charge on any atom is 0.306 e. The molecule has 0 aliphatic carbocycles. The van der Waals surface area contributed by atoms with Gasteiger partial charge in [-0.3, -0.25) is 14.4 Å². The zero-order valence-electron chi connectivity index (χ0n) is 51.1. The minimum absolute atomic E-state index is 0.111. The maximum atomic E-state index is 12.9. The van der Waals surface area contributed by atoms with Gasteiger partial charge >= 0.3 is 17.9 Å². The van der Waals surface area contributed by atoms with Crippen LogP contribution in [-0.4, -0.2) is 37.2 Å². The Labute approximate surface area is 487 Å². The molecule has 0 aliphatic heterocycles. The molecule has 1 unspecified atom stereocenters. The number of esters is 3. The third-order valence-electron chi connectivity index (χ3n) is 13.4. The van der Waals surface area contributed by atoms with Crippen molar-refractivity contribution < 1.29 is 28.6 Å². The summed E-state index contributed by atoms with van der Waals surface area (Å²) in [5, 5.41) is 0. The number of hydrogen-bond donors (Lipinski definition) is 0. The number of carbonyl (C=O) groups is 3. The van der Waals surface area contributed by atoms with Gasteiger partial charge < -0.3 is 14.2 Å². The normalized spacial score (nSPS) is 13.1. The molecule has 0 spiro atoms. The van der Waals surface area contributed by atoms with Crippen LogP contribution < -0.4 is 0 Å². The summed E-state index contributed by atoms with van der Waals surface area (Å²) in [5.41, 5.74) is 0. The van der Waals surface area contributed by atoms with E-state index in [9.17, 15) is 14.4 Å². The Bertz CT molecular complexity index is 1730. The highest BCUT2D eigenvalue weighted by Gasteiger charge is 2.19. The van der Waals surface area contributed by atoms with Gasteiger partial charge in [-0.15, -0.1) is 0 Å². The molecule has 0 aliphatic rings. The fourth-order valence-corrected chi connectivity index (χ4v) is 8.59. The molecule has 6 heteroatoms. The van der Waals surface area contributed by atoms with Gasteiger partial charge in [0.05, 0.1) is 0 Å². The van der Waals surface area contributed by atoms with Crippen molar-refractivity contribution in [1.29, 1.82) is 0 Å². The molecule has 0 N–H and O–H groups in total. The molecular weight excluding hydrogens is 973 g/mol. The predicted octanol–water partition coefficient (Wildman–Crippen LogP) is 22.3. The van der Waals surface area contributed by atoms with Gasteiger partial charge in [0.15, 0.2) is 6.10 Å². The van der Waals surface area contributed by atoms with E-state index in [2.05, 4.69) is 161 Å². The van der Waals surface area contributed by atoms with E-state index in [1.165, 1.54) is 103 Å². The van der Waals surface area contributed by atoms with Crippen LogP contribution in [0, 0.1) is 0 Å². The van der Waals surface area contributed by atoms with Gasteiger partial charge in [0.2, 0.25) is 0 Å². The van der Waals surface area contributed by atoms with Crippen LogP contribution in [0.4, 0.5) is 0 Å². The number of carbonyl (C=O) groups excluding carboxylic acids is 3. The second kappa shape index (κ2) is 65.8. The van der Waals surface area contributed by atoms with Crippen LogP contribution in [0.25, 0.3) is 0 Å². The Balaban J connectivity index is 4.37. The lowest BCUT2D eigenvalue weighted by molar-refractivity contribution is -0.166. The minimum atomic E-state index is -0.818. The molecule has 0 aromatic rings. The highest BCUT2D eigenvalue weighted by Crippen LogP contribution is 2.16. The monoisotopic (exact) mass is 1090 g/mol. The van der Waals surface area contributed by atoms with Gasteiger partial charge in [-0.2, -0.15) is 0 Å². The highest BCUT2D eigenvalue weighted by atomic mass is 16.6. The van der Waals surface area contributed by atoms with E-state index in [1.54, 1.807) is 0 Å². The average Bonchev–Trinajstić information content (AvgIpc) is 3.45. The molecule has 0 saturated carbocycles. The quantitative estimate of drug-likeness (QED) is 0.0261.